The molecule has 1 aliphatic carbocycles. The molecule has 1 N–H and O–H groups in total. The van der Waals surface area contributed by atoms with Crippen molar-refractivity contribution in [3.8, 4) is 10.4 Å². The quantitative estimate of drug-likeness (QED) is 0.677. The van der Waals surface area contributed by atoms with Crippen molar-refractivity contribution in [3.63, 3.8) is 0 Å². The summed E-state index contributed by atoms with van der Waals surface area (Å²) in [6, 6.07) is 10.5. The van der Waals surface area contributed by atoms with Gasteiger partial charge in [-0.1, -0.05) is 18.2 Å². The van der Waals surface area contributed by atoms with Crippen LogP contribution in [-0.4, -0.2) is 11.6 Å². The molecule has 2 aromatic rings. The van der Waals surface area contributed by atoms with Gasteiger partial charge in [0.25, 0.3) is 0 Å². The highest BCUT2D eigenvalue weighted by Gasteiger charge is 2.29. The minimum atomic E-state index is -0.234. The molecule has 1 saturated carbocycles. The first kappa shape index (κ1) is 13.9. The number of hydrogen-bond acceptors (Lipinski definition) is 3. The molecule has 0 bridgehead atoms. The summed E-state index contributed by atoms with van der Waals surface area (Å²) in [5.74, 6) is -0.110. The van der Waals surface area contributed by atoms with Gasteiger partial charge in [-0.2, -0.15) is 5.10 Å². The van der Waals surface area contributed by atoms with E-state index >= 15 is 0 Å². The second kappa shape index (κ2) is 5.77. The predicted molar refractivity (Wildman–Crippen MR) is 82.8 cm³/mol. The first-order valence-corrected chi connectivity index (χ1v) is 7.66. The molecular weight excluding hydrogens is 287 g/mol. The summed E-state index contributed by atoms with van der Waals surface area (Å²) >= 11 is 1.46. The molecule has 1 aromatic carbocycles. The van der Waals surface area contributed by atoms with Gasteiger partial charge in [-0.3, -0.25) is 4.79 Å². The zero-order chi connectivity index (χ0) is 14.8. The Hall–Kier alpha value is -2.01. The fourth-order valence-corrected chi connectivity index (χ4v) is 2.95. The predicted octanol–water partition coefficient (Wildman–Crippen LogP) is 3.80. The zero-order valence-electron chi connectivity index (χ0n) is 11.6. The third kappa shape index (κ3) is 3.19. The first-order valence-electron chi connectivity index (χ1n) is 6.84. The van der Waals surface area contributed by atoms with Crippen LogP contribution in [0.1, 0.15) is 24.6 Å². The lowest BCUT2D eigenvalue weighted by Crippen LogP contribution is -2.20. The van der Waals surface area contributed by atoms with E-state index in [9.17, 15) is 9.18 Å². The van der Waals surface area contributed by atoms with E-state index < -0.39 is 0 Å². The van der Waals surface area contributed by atoms with Gasteiger partial charge in [0.2, 0.25) is 5.91 Å². The van der Waals surface area contributed by atoms with E-state index in [2.05, 4.69) is 10.5 Å². The van der Waals surface area contributed by atoms with Crippen LogP contribution in [0.4, 0.5) is 4.39 Å². The minimum absolute atomic E-state index is 0.0137. The smallest absolute Gasteiger partial charge is 0.243 e. The van der Waals surface area contributed by atoms with Crippen LogP contribution in [0.3, 0.4) is 0 Å². The van der Waals surface area contributed by atoms with Crippen LogP contribution in [0, 0.1) is 11.7 Å². The zero-order valence-corrected chi connectivity index (χ0v) is 12.4. The number of carbonyl (C=O) groups excluding carboxylic acids is 1. The third-order valence-electron chi connectivity index (χ3n) is 3.38. The average molecular weight is 302 g/mol. The Bertz CT molecular complexity index is 704. The summed E-state index contributed by atoms with van der Waals surface area (Å²) in [5, 5.41) is 4.12. The van der Waals surface area contributed by atoms with Crippen molar-refractivity contribution in [2.24, 2.45) is 11.0 Å². The molecule has 0 saturated heterocycles. The van der Waals surface area contributed by atoms with Crippen molar-refractivity contribution in [1.82, 2.24) is 5.43 Å². The molecule has 0 spiro atoms. The van der Waals surface area contributed by atoms with Crippen molar-refractivity contribution < 1.29 is 9.18 Å². The van der Waals surface area contributed by atoms with Crippen molar-refractivity contribution in [2.45, 2.75) is 19.8 Å². The van der Waals surface area contributed by atoms with Crippen LogP contribution in [0.15, 0.2) is 41.5 Å². The standard InChI is InChI=1S/C16H15FN2OS/c1-10(18-19-16(20)11-6-7-11)14-8-9-15(21-14)12-4-2-3-5-13(12)17/h2-5,8-9,11H,6-7H2,1H3,(H,19,20). The molecule has 3 rings (SSSR count). The number of amides is 1. The topological polar surface area (TPSA) is 41.5 Å². The summed E-state index contributed by atoms with van der Waals surface area (Å²) in [6.45, 7) is 1.84. The van der Waals surface area contributed by atoms with Crippen LogP contribution in [0.5, 0.6) is 0 Å². The Morgan fingerprint density at radius 1 is 1.29 bits per heavy atom. The highest BCUT2D eigenvalue weighted by atomic mass is 32.1. The number of carbonyl (C=O) groups is 1. The number of rotatable bonds is 4. The Morgan fingerprint density at radius 3 is 2.76 bits per heavy atom. The lowest BCUT2D eigenvalue weighted by atomic mass is 10.2. The summed E-state index contributed by atoms with van der Waals surface area (Å²) in [4.78, 5) is 13.3. The average Bonchev–Trinajstić information content (AvgIpc) is 3.23. The van der Waals surface area contributed by atoms with Gasteiger partial charge < -0.3 is 0 Å². The Labute approximate surface area is 126 Å². The molecule has 1 aromatic heterocycles. The van der Waals surface area contributed by atoms with Gasteiger partial charge in [0, 0.05) is 16.4 Å². The van der Waals surface area contributed by atoms with Crippen LogP contribution in [0.25, 0.3) is 10.4 Å². The monoisotopic (exact) mass is 302 g/mol. The highest BCUT2D eigenvalue weighted by Crippen LogP contribution is 2.30. The SMILES string of the molecule is CC(=NNC(=O)C1CC1)c1ccc(-c2ccccc2F)s1. The molecule has 1 heterocycles. The second-order valence-electron chi connectivity index (χ2n) is 5.09. The molecule has 108 valence electrons. The molecule has 3 nitrogen and oxygen atoms in total. The van der Waals surface area contributed by atoms with Crippen molar-refractivity contribution in [1.29, 1.82) is 0 Å². The van der Waals surface area contributed by atoms with Gasteiger partial charge >= 0.3 is 0 Å². The molecule has 1 aliphatic rings. The number of halogens is 1. The maximum Gasteiger partial charge on any atom is 0.243 e. The van der Waals surface area contributed by atoms with Crippen molar-refractivity contribution >= 4 is 23.0 Å². The van der Waals surface area contributed by atoms with Crippen molar-refractivity contribution in [2.75, 3.05) is 0 Å². The molecule has 0 atom stereocenters. The summed E-state index contributed by atoms with van der Waals surface area (Å²) in [7, 11) is 0. The maximum absolute atomic E-state index is 13.8. The molecule has 0 aliphatic heterocycles. The van der Waals surface area contributed by atoms with E-state index in [1.807, 2.05) is 25.1 Å². The third-order valence-corrected chi connectivity index (χ3v) is 4.61. The van der Waals surface area contributed by atoms with E-state index in [0.29, 0.717) is 5.56 Å². The highest BCUT2D eigenvalue weighted by molar-refractivity contribution is 7.17. The molecule has 1 amide bonds. The van der Waals surface area contributed by atoms with Crippen LogP contribution in [-0.2, 0) is 4.79 Å². The molecule has 0 unspecified atom stereocenters. The fourth-order valence-electron chi connectivity index (χ4n) is 1.97. The lowest BCUT2D eigenvalue weighted by molar-refractivity contribution is -0.122. The number of hydrogen-bond donors (Lipinski definition) is 1. The van der Waals surface area contributed by atoms with Crippen LogP contribution < -0.4 is 5.43 Å². The molecule has 1 fully saturated rings. The summed E-state index contributed by atoms with van der Waals surface area (Å²) in [6.07, 6.45) is 1.91. The number of thiophene rings is 1. The van der Waals surface area contributed by atoms with Crippen molar-refractivity contribution in [3.05, 3.63) is 47.1 Å². The number of nitrogens with one attached hydrogen (secondary N) is 1. The first-order chi connectivity index (χ1) is 10.1. The number of hydrazone groups is 1. The van der Waals surface area contributed by atoms with Gasteiger partial charge in [0.05, 0.1) is 10.6 Å². The normalized spacial score (nSPS) is 15.0. The molecular formula is C16H15FN2OS. The maximum atomic E-state index is 13.8. The molecule has 5 heteroatoms. The second-order valence-corrected chi connectivity index (χ2v) is 6.18. The van der Waals surface area contributed by atoms with E-state index in [4.69, 9.17) is 0 Å². The van der Waals surface area contributed by atoms with Crippen LogP contribution in [0.2, 0.25) is 0 Å². The van der Waals surface area contributed by atoms with Gasteiger partial charge in [-0.15, -0.1) is 11.3 Å². The van der Waals surface area contributed by atoms with Gasteiger partial charge in [0.15, 0.2) is 0 Å². The fraction of sp³-hybridized carbons (Fsp3) is 0.250. The minimum Gasteiger partial charge on any atom is -0.273 e. The van der Waals surface area contributed by atoms with E-state index in [1.54, 1.807) is 12.1 Å². The van der Waals surface area contributed by atoms with E-state index in [-0.39, 0.29) is 17.6 Å². The van der Waals surface area contributed by atoms with Gasteiger partial charge in [0.1, 0.15) is 5.82 Å². The lowest BCUT2D eigenvalue weighted by Gasteiger charge is -2.00. The van der Waals surface area contributed by atoms with Gasteiger partial charge in [-0.05, 0) is 38.0 Å². The van der Waals surface area contributed by atoms with E-state index in [0.717, 1.165) is 28.3 Å². The Morgan fingerprint density at radius 2 is 2.05 bits per heavy atom. The van der Waals surface area contributed by atoms with E-state index in [1.165, 1.54) is 17.4 Å². The Balaban J connectivity index is 1.76. The number of benzene rings is 1. The largest absolute Gasteiger partial charge is 0.273 e. The summed E-state index contributed by atoms with van der Waals surface area (Å²) < 4.78 is 13.8. The summed E-state index contributed by atoms with van der Waals surface area (Å²) in [5.41, 5.74) is 3.90. The molecule has 0 radical (unpaired) electrons. The number of nitrogens with zero attached hydrogens (tertiary/aromatic N) is 1. The Kier molecular flexibility index (Phi) is 3.84. The van der Waals surface area contributed by atoms with Gasteiger partial charge in [-0.25, -0.2) is 9.82 Å². The molecule has 21 heavy (non-hydrogen) atoms. The van der Waals surface area contributed by atoms with Crippen LogP contribution >= 0.6 is 11.3 Å².